The highest BCUT2D eigenvalue weighted by Crippen LogP contribution is 2.65. The number of halogens is 1. The van der Waals surface area contributed by atoms with Gasteiger partial charge in [0.2, 0.25) is 5.91 Å². The first kappa shape index (κ1) is 17.0. The fraction of sp³-hybridized carbons (Fsp3) is 0.952. The Morgan fingerprint density at radius 3 is 2.20 bits per heavy atom. The van der Waals surface area contributed by atoms with E-state index in [-0.39, 0.29) is 0 Å². The van der Waals surface area contributed by atoms with Crippen molar-refractivity contribution < 1.29 is 4.79 Å². The molecule has 0 aromatic carbocycles. The zero-order valence-corrected chi connectivity index (χ0v) is 17.1. The molecule has 6 rings (SSSR count). The maximum Gasteiger partial charge on any atom is 0.223 e. The molecule has 0 N–H and O–H groups in total. The SMILES string of the molecule is O=C(CC12CC3CC(CC(Br)(C3)C1)C2)N1CCC(N2CCCC2)CC1. The highest BCUT2D eigenvalue weighted by atomic mass is 79.9. The van der Waals surface area contributed by atoms with Crippen molar-refractivity contribution in [3.8, 4) is 0 Å². The first-order chi connectivity index (χ1) is 12.0. The van der Waals surface area contributed by atoms with Gasteiger partial charge in [-0.3, -0.25) is 4.79 Å². The van der Waals surface area contributed by atoms with E-state index in [1.54, 1.807) is 0 Å². The van der Waals surface area contributed by atoms with Gasteiger partial charge in [-0.15, -0.1) is 0 Å². The average molecular weight is 409 g/mol. The minimum Gasteiger partial charge on any atom is -0.343 e. The molecule has 4 saturated carbocycles. The molecule has 2 unspecified atom stereocenters. The normalized spacial score (nSPS) is 44.6. The molecule has 2 atom stereocenters. The van der Waals surface area contributed by atoms with Gasteiger partial charge in [-0.1, -0.05) is 15.9 Å². The van der Waals surface area contributed by atoms with Gasteiger partial charge in [0.25, 0.3) is 0 Å². The van der Waals surface area contributed by atoms with Crippen molar-refractivity contribution in [1.29, 1.82) is 0 Å². The zero-order valence-electron chi connectivity index (χ0n) is 15.5. The average Bonchev–Trinajstić information content (AvgIpc) is 3.06. The zero-order chi connectivity index (χ0) is 17.1. The van der Waals surface area contributed by atoms with Crippen molar-refractivity contribution in [3.63, 3.8) is 0 Å². The predicted molar refractivity (Wildman–Crippen MR) is 104 cm³/mol. The summed E-state index contributed by atoms with van der Waals surface area (Å²) in [5, 5.41) is 0. The van der Waals surface area contributed by atoms with Crippen molar-refractivity contribution in [3.05, 3.63) is 0 Å². The van der Waals surface area contributed by atoms with Crippen LogP contribution >= 0.6 is 15.9 Å². The number of amides is 1. The van der Waals surface area contributed by atoms with E-state index < -0.39 is 0 Å². The van der Waals surface area contributed by atoms with Gasteiger partial charge in [-0.2, -0.15) is 0 Å². The van der Waals surface area contributed by atoms with Crippen LogP contribution in [-0.2, 0) is 4.79 Å². The fourth-order valence-electron chi connectivity index (χ4n) is 7.56. The third-order valence-electron chi connectivity index (χ3n) is 8.11. The van der Waals surface area contributed by atoms with Gasteiger partial charge in [0, 0.05) is 29.9 Å². The molecule has 2 saturated heterocycles. The molecule has 0 radical (unpaired) electrons. The van der Waals surface area contributed by atoms with E-state index in [0.29, 0.717) is 15.6 Å². The Balaban J connectivity index is 1.20. The second-order valence-corrected chi connectivity index (χ2v) is 11.8. The van der Waals surface area contributed by atoms with Gasteiger partial charge in [-0.05, 0) is 94.5 Å². The maximum atomic E-state index is 13.1. The highest BCUT2D eigenvalue weighted by Gasteiger charge is 2.57. The first-order valence-corrected chi connectivity index (χ1v) is 11.5. The molecule has 2 heterocycles. The van der Waals surface area contributed by atoms with Crippen LogP contribution in [0.25, 0.3) is 0 Å². The molecule has 4 heteroatoms. The van der Waals surface area contributed by atoms with E-state index in [4.69, 9.17) is 0 Å². The number of hydrogen-bond donors (Lipinski definition) is 0. The third-order valence-corrected chi connectivity index (χ3v) is 9.04. The van der Waals surface area contributed by atoms with Crippen LogP contribution in [0.15, 0.2) is 0 Å². The van der Waals surface area contributed by atoms with E-state index in [2.05, 4.69) is 25.7 Å². The molecular weight excluding hydrogens is 376 g/mol. The Kier molecular flexibility index (Phi) is 4.24. The number of rotatable bonds is 3. The van der Waals surface area contributed by atoms with Gasteiger partial charge in [-0.25, -0.2) is 0 Å². The molecule has 1 amide bonds. The Morgan fingerprint density at radius 2 is 1.60 bits per heavy atom. The summed E-state index contributed by atoms with van der Waals surface area (Å²) in [5.74, 6) is 2.24. The van der Waals surface area contributed by atoms with Crippen LogP contribution in [0.3, 0.4) is 0 Å². The maximum absolute atomic E-state index is 13.1. The number of hydrogen-bond acceptors (Lipinski definition) is 2. The van der Waals surface area contributed by atoms with Crippen molar-refractivity contribution in [2.24, 2.45) is 17.3 Å². The molecule has 2 aliphatic heterocycles. The standard InChI is InChI=1S/C21H33BrN2O/c22-21-12-16-9-17(13-21)11-20(10-16,15-21)14-19(25)24-7-3-18(4-8-24)23-5-1-2-6-23/h16-18H,1-15H2. The van der Waals surface area contributed by atoms with Crippen molar-refractivity contribution >= 4 is 21.8 Å². The summed E-state index contributed by atoms with van der Waals surface area (Å²) in [5.41, 5.74) is 0.330. The first-order valence-electron chi connectivity index (χ1n) is 10.7. The summed E-state index contributed by atoms with van der Waals surface area (Å²) in [6.45, 7) is 4.58. The number of alkyl halides is 1. The lowest BCUT2D eigenvalue weighted by Gasteiger charge is -2.60. The lowest BCUT2D eigenvalue weighted by Crippen LogP contribution is -2.54. The smallest absolute Gasteiger partial charge is 0.223 e. The van der Waals surface area contributed by atoms with Gasteiger partial charge >= 0.3 is 0 Å². The lowest BCUT2D eigenvalue weighted by molar-refractivity contribution is -0.139. The molecule has 4 bridgehead atoms. The fourth-order valence-corrected chi connectivity index (χ4v) is 9.07. The second-order valence-electron chi connectivity index (χ2n) is 10.1. The van der Waals surface area contributed by atoms with Crippen LogP contribution in [0.5, 0.6) is 0 Å². The highest BCUT2D eigenvalue weighted by molar-refractivity contribution is 9.10. The molecule has 140 valence electrons. The second kappa shape index (κ2) is 6.22. The number of likely N-dealkylation sites (tertiary alicyclic amines) is 2. The lowest BCUT2D eigenvalue weighted by atomic mass is 9.48. The van der Waals surface area contributed by atoms with E-state index in [1.807, 2.05) is 0 Å². The van der Waals surface area contributed by atoms with Crippen molar-refractivity contribution in [2.75, 3.05) is 26.2 Å². The van der Waals surface area contributed by atoms with E-state index in [9.17, 15) is 4.79 Å². The summed E-state index contributed by atoms with van der Waals surface area (Å²) in [6.07, 6.45) is 14.0. The van der Waals surface area contributed by atoms with Crippen molar-refractivity contribution in [2.45, 2.75) is 81.0 Å². The van der Waals surface area contributed by atoms with E-state index >= 15 is 0 Å². The Morgan fingerprint density at radius 1 is 0.960 bits per heavy atom. The Bertz CT molecular complexity index is 522. The minimum atomic E-state index is 0.330. The van der Waals surface area contributed by atoms with Gasteiger partial charge in [0.1, 0.15) is 0 Å². The van der Waals surface area contributed by atoms with Crippen LogP contribution in [-0.4, -0.2) is 52.3 Å². The Hall–Kier alpha value is -0.0900. The van der Waals surface area contributed by atoms with E-state index in [1.165, 1.54) is 77.3 Å². The number of carbonyl (C=O) groups is 1. The predicted octanol–water partition coefficient (Wildman–Crippen LogP) is 4.20. The van der Waals surface area contributed by atoms with Crippen LogP contribution in [0, 0.1) is 17.3 Å². The topological polar surface area (TPSA) is 23.6 Å². The van der Waals surface area contributed by atoms with Crippen LogP contribution in [0.1, 0.15) is 70.6 Å². The third kappa shape index (κ3) is 3.20. The van der Waals surface area contributed by atoms with Crippen LogP contribution in [0.4, 0.5) is 0 Å². The summed E-state index contributed by atoms with van der Waals surface area (Å²) in [4.78, 5) is 18.0. The largest absolute Gasteiger partial charge is 0.343 e. The molecule has 6 aliphatic rings. The number of carbonyl (C=O) groups excluding carboxylic acids is 1. The number of piperidine rings is 1. The van der Waals surface area contributed by atoms with Crippen LogP contribution < -0.4 is 0 Å². The molecule has 25 heavy (non-hydrogen) atoms. The molecule has 0 aromatic heterocycles. The molecule has 0 spiro atoms. The van der Waals surface area contributed by atoms with Crippen LogP contribution in [0.2, 0.25) is 0 Å². The van der Waals surface area contributed by atoms with Gasteiger partial charge < -0.3 is 9.80 Å². The molecule has 6 fully saturated rings. The quantitative estimate of drug-likeness (QED) is 0.653. The summed E-state index contributed by atoms with van der Waals surface area (Å²) in [7, 11) is 0. The minimum absolute atomic E-state index is 0.330. The monoisotopic (exact) mass is 408 g/mol. The van der Waals surface area contributed by atoms with Crippen molar-refractivity contribution in [1.82, 2.24) is 9.80 Å². The molecule has 3 nitrogen and oxygen atoms in total. The summed E-state index contributed by atoms with van der Waals surface area (Å²) < 4.78 is 0.375. The summed E-state index contributed by atoms with van der Waals surface area (Å²) in [6, 6.07) is 0.747. The van der Waals surface area contributed by atoms with E-state index in [0.717, 1.165) is 37.4 Å². The summed E-state index contributed by atoms with van der Waals surface area (Å²) >= 11 is 4.09. The molecular formula is C21H33BrN2O. The van der Waals surface area contributed by atoms with Gasteiger partial charge in [0.05, 0.1) is 0 Å². The molecule has 0 aromatic rings. The molecule has 4 aliphatic carbocycles. The van der Waals surface area contributed by atoms with Gasteiger partial charge in [0.15, 0.2) is 0 Å². The Labute approximate surface area is 161 Å². The number of nitrogens with zero attached hydrogens (tertiary/aromatic N) is 2.